The number of carboxylic acid groups (broad SMARTS) is 1. The van der Waals surface area contributed by atoms with Gasteiger partial charge in [0.25, 0.3) is 0 Å². The Labute approximate surface area is 234 Å². The van der Waals surface area contributed by atoms with E-state index in [1.165, 1.54) is 20.4 Å². The second-order valence-corrected chi connectivity index (χ2v) is 10.9. The fourth-order valence-electron chi connectivity index (χ4n) is 4.55. The van der Waals surface area contributed by atoms with E-state index in [1.807, 2.05) is 6.92 Å². The van der Waals surface area contributed by atoms with Crippen molar-refractivity contribution in [2.24, 2.45) is 0 Å². The van der Waals surface area contributed by atoms with Gasteiger partial charge in [-0.1, -0.05) is 12.1 Å². The van der Waals surface area contributed by atoms with E-state index in [0.717, 1.165) is 4.90 Å². The third-order valence-electron chi connectivity index (χ3n) is 6.20. The molecule has 5 rings (SSSR count). The molecule has 216 valence electrons. The number of fused-ring (bicyclic) bond motifs is 1. The molecular weight excluding hydrogens is 558 g/mol. The molecule has 0 atom stereocenters. The minimum Gasteiger partial charge on any atom is -0.494 e. The molecule has 0 unspecified atom stereocenters. The van der Waals surface area contributed by atoms with Gasteiger partial charge in [-0.3, -0.25) is 9.29 Å². The lowest BCUT2D eigenvalue weighted by molar-refractivity contribution is -0.0671. The van der Waals surface area contributed by atoms with E-state index in [0.29, 0.717) is 41.2 Å². The molecule has 1 aromatic carbocycles. The van der Waals surface area contributed by atoms with Crippen LogP contribution < -0.4 is 18.9 Å². The van der Waals surface area contributed by atoms with E-state index in [-0.39, 0.29) is 30.2 Å². The molecule has 1 amide bonds. The first-order valence-corrected chi connectivity index (χ1v) is 14.0. The number of likely N-dealkylation sites (tertiary alicyclic amines) is 1. The minimum atomic E-state index is -4.14. The number of amides is 1. The molecule has 4 heterocycles. The summed E-state index contributed by atoms with van der Waals surface area (Å²) in [7, 11) is -1.12. The summed E-state index contributed by atoms with van der Waals surface area (Å²) in [6, 6.07) is 10.4. The first-order chi connectivity index (χ1) is 19.6. The van der Waals surface area contributed by atoms with Crippen LogP contribution in [-0.2, 0) is 10.0 Å². The maximum atomic E-state index is 12.8. The average Bonchev–Trinajstić information content (AvgIpc) is 3.29. The van der Waals surface area contributed by atoms with E-state index < -0.39 is 27.5 Å². The SMILES string of the molecule is CCOc1cccc(-c2nc3nc(NS(=O)(=O)CC4(O)CN(C(=O)O)C4)cnc3n2-c2c(OC)cccc2OC)n1. The molecule has 41 heavy (non-hydrogen) atoms. The van der Waals surface area contributed by atoms with Gasteiger partial charge in [-0.05, 0) is 25.1 Å². The molecule has 3 N–H and O–H groups in total. The smallest absolute Gasteiger partial charge is 0.407 e. The number of β-amino-alcohol motifs (C(OH)–C–C–N with tert-alkyl or cyclic N) is 1. The van der Waals surface area contributed by atoms with Crippen molar-refractivity contribution in [2.75, 3.05) is 44.4 Å². The first-order valence-electron chi connectivity index (χ1n) is 12.3. The number of anilines is 1. The number of nitrogens with zero attached hydrogens (tertiary/aromatic N) is 6. The number of ether oxygens (including phenoxy) is 3. The molecule has 0 radical (unpaired) electrons. The summed E-state index contributed by atoms with van der Waals surface area (Å²) in [6.07, 6.45) is -0.0296. The second-order valence-electron chi connectivity index (χ2n) is 9.20. The molecule has 0 aliphatic carbocycles. The number of para-hydroxylation sites is 1. The number of sulfonamides is 1. The Bertz CT molecular complexity index is 1700. The van der Waals surface area contributed by atoms with Crippen molar-refractivity contribution < 1.29 is 37.6 Å². The Balaban J connectivity index is 1.58. The Hall–Kier alpha value is -4.70. The van der Waals surface area contributed by atoms with Gasteiger partial charge in [0.15, 0.2) is 22.9 Å². The van der Waals surface area contributed by atoms with E-state index in [9.17, 15) is 18.3 Å². The summed E-state index contributed by atoms with van der Waals surface area (Å²) in [6.45, 7) is 1.60. The first kappa shape index (κ1) is 27.9. The lowest BCUT2D eigenvalue weighted by atomic mass is 9.98. The number of pyridine rings is 1. The van der Waals surface area contributed by atoms with Crippen LogP contribution in [0.2, 0.25) is 0 Å². The van der Waals surface area contributed by atoms with Gasteiger partial charge in [0.05, 0.1) is 40.1 Å². The highest BCUT2D eigenvalue weighted by Gasteiger charge is 2.47. The monoisotopic (exact) mass is 585 g/mol. The zero-order chi connectivity index (χ0) is 29.4. The van der Waals surface area contributed by atoms with Crippen LogP contribution in [0.25, 0.3) is 28.5 Å². The highest BCUT2D eigenvalue weighted by molar-refractivity contribution is 7.92. The Kier molecular flexibility index (Phi) is 7.27. The maximum absolute atomic E-state index is 12.8. The van der Waals surface area contributed by atoms with Crippen LogP contribution in [0, 0.1) is 0 Å². The van der Waals surface area contributed by atoms with Crippen LogP contribution in [0.4, 0.5) is 10.6 Å². The van der Waals surface area contributed by atoms with Crippen molar-refractivity contribution in [1.29, 1.82) is 0 Å². The van der Waals surface area contributed by atoms with Crippen LogP contribution in [0.5, 0.6) is 17.4 Å². The van der Waals surface area contributed by atoms with Crippen molar-refractivity contribution in [2.45, 2.75) is 12.5 Å². The standard InChI is InChI=1S/C25H27N7O8S/c1-4-40-19-10-5-7-15(27-19)22-29-21-23(32(22)20-16(38-2)8-6-9-17(20)39-3)26-11-18(28-21)30-41(36,37)14-25(35)12-31(13-25)24(33)34/h5-11,35H,4,12-14H2,1-3H3,(H,28,30)(H,33,34). The van der Waals surface area contributed by atoms with Gasteiger partial charge >= 0.3 is 6.09 Å². The molecule has 15 nitrogen and oxygen atoms in total. The summed E-state index contributed by atoms with van der Waals surface area (Å²) in [5.41, 5.74) is -0.494. The molecule has 0 spiro atoms. The molecule has 1 fully saturated rings. The number of aliphatic hydroxyl groups is 1. The maximum Gasteiger partial charge on any atom is 0.407 e. The van der Waals surface area contributed by atoms with E-state index in [2.05, 4.69) is 24.7 Å². The normalized spacial score (nSPS) is 14.4. The molecule has 1 aliphatic heterocycles. The number of aromatic nitrogens is 5. The zero-order valence-electron chi connectivity index (χ0n) is 22.3. The van der Waals surface area contributed by atoms with E-state index in [1.54, 1.807) is 41.0 Å². The molecule has 16 heteroatoms. The van der Waals surface area contributed by atoms with Gasteiger partial charge in [-0.25, -0.2) is 33.1 Å². The number of imidazole rings is 1. The van der Waals surface area contributed by atoms with Gasteiger partial charge in [0.1, 0.15) is 34.2 Å². The quantitative estimate of drug-likeness (QED) is 0.245. The van der Waals surface area contributed by atoms with Crippen LogP contribution in [0.15, 0.2) is 42.6 Å². The van der Waals surface area contributed by atoms with Gasteiger partial charge in [-0.15, -0.1) is 0 Å². The lowest BCUT2D eigenvalue weighted by Crippen LogP contribution is -2.66. The molecule has 3 aromatic heterocycles. The Morgan fingerprint density at radius 3 is 2.39 bits per heavy atom. The van der Waals surface area contributed by atoms with Crippen LogP contribution in [0.1, 0.15) is 6.92 Å². The van der Waals surface area contributed by atoms with Gasteiger partial charge < -0.3 is 29.3 Å². The highest BCUT2D eigenvalue weighted by Crippen LogP contribution is 2.38. The summed E-state index contributed by atoms with van der Waals surface area (Å²) >= 11 is 0. The van der Waals surface area contributed by atoms with Gasteiger partial charge in [0.2, 0.25) is 15.9 Å². The van der Waals surface area contributed by atoms with Crippen molar-refractivity contribution in [3.05, 3.63) is 42.6 Å². The predicted molar refractivity (Wildman–Crippen MR) is 146 cm³/mol. The van der Waals surface area contributed by atoms with E-state index >= 15 is 0 Å². The summed E-state index contributed by atoms with van der Waals surface area (Å²) in [5.74, 6) is 0.704. The van der Waals surface area contributed by atoms with Crippen LogP contribution in [-0.4, -0.2) is 99.4 Å². The number of rotatable bonds is 10. The predicted octanol–water partition coefficient (Wildman–Crippen LogP) is 1.76. The van der Waals surface area contributed by atoms with Crippen LogP contribution >= 0.6 is 0 Å². The molecule has 1 saturated heterocycles. The van der Waals surface area contributed by atoms with Crippen molar-refractivity contribution >= 4 is 33.2 Å². The number of benzene rings is 1. The fraction of sp³-hybridized carbons (Fsp3) is 0.320. The topological polar surface area (TPSA) is 191 Å². The number of methoxy groups -OCH3 is 2. The fourth-order valence-corrected chi connectivity index (χ4v) is 5.93. The van der Waals surface area contributed by atoms with Crippen molar-refractivity contribution in [1.82, 2.24) is 29.4 Å². The zero-order valence-corrected chi connectivity index (χ0v) is 23.1. The Morgan fingerprint density at radius 2 is 1.76 bits per heavy atom. The lowest BCUT2D eigenvalue weighted by Gasteiger charge is -2.44. The highest BCUT2D eigenvalue weighted by atomic mass is 32.2. The number of hydrogen-bond acceptors (Lipinski definition) is 11. The van der Waals surface area contributed by atoms with Gasteiger partial charge in [-0.2, -0.15) is 0 Å². The number of carbonyl (C=O) groups is 1. The van der Waals surface area contributed by atoms with Crippen LogP contribution in [0.3, 0.4) is 0 Å². The third kappa shape index (κ3) is 5.51. The summed E-state index contributed by atoms with van der Waals surface area (Å²) < 4.78 is 46.4. The summed E-state index contributed by atoms with van der Waals surface area (Å²) in [5, 5.41) is 19.4. The Morgan fingerprint density at radius 1 is 1.07 bits per heavy atom. The number of hydrogen-bond donors (Lipinski definition) is 3. The largest absolute Gasteiger partial charge is 0.494 e. The molecule has 0 saturated carbocycles. The molecular formula is C25H27N7O8S. The van der Waals surface area contributed by atoms with Crippen molar-refractivity contribution in [3.8, 4) is 34.6 Å². The third-order valence-corrected chi connectivity index (χ3v) is 7.64. The minimum absolute atomic E-state index is 0.0798. The molecule has 0 bridgehead atoms. The molecule has 1 aliphatic rings. The van der Waals surface area contributed by atoms with Gasteiger partial charge in [0, 0.05) is 6.07 Å². The molecule has 4 aromatic rings. The van der Waals surface area contributed by atoms with E-state index in [4.69, 9.17) is 19.3 Å². The van der Waals surface area contributed by atoms with Crippen molar-refractivity contribution in [3.63, 3.8) is 0 Å². The average molecular weight is 586 g/mol. The number of nitrogens with one attached hydrogen (secondary N) is 1. The summed E-state index contributed by atoms with van der Waals surface area (Å²) in [4.78, 5) is 29.9. The second kappa shape index (κ2) is 10.7.